The standard InChI is InChI=1S/C21H23ClN2O2S.ClH/c22-18-7-5-15(6-8-18)19-11-17-12-23(14-20(17)19)9-10-24-13-16-3-1-2-4-21(16)27(24,25)26;/h1-8,17,19-20H,9-14H2;1H/t17-,19-,20+;/m1./s1. The van der Waals surface area contributed by atoms with Crippen LogP contribution in [0.4, 0.5) is 0 Å². The number of rotatable bonds is 4. The second-order valence-electron chi connectivity index (χ2n) is 8.02. The fourth-order valence-corrected chi connectivity index (χ4v) is 6.78. The van der Waals surface area contributed by atoms with Crippen LogP contribution in [0.1, 0.15) is 23.5 Å². The molecule has 1 aliphatic carbocycles. The van der Waals surface area contributed by atoms with Crippen LogP contribution in [0.2, 0.25) is 5.02 Å². The summed E-state index contributed by atoms with van der Waals surface area (Å²) in [6, 6.07) is 15.6. The predicted molar refractivity (Wildman–Crippen MR) is 114 cm³/mol. The summed E-state index contributed by atoms with van der Waals surface area (Å²) < 4.78 is 27.0. The van der Waals surface area contributed by atoms with Gasteiger partial charge in [-0.3, -0.25) is 0 Å². The molecule has 2 aromatic rings. The number of nitrogens with zero attached hydrogens (tertiary/aromatic N) is 2. The first kappa shape index (κ1) is 20.2. The molecule has 4 nitrogen and oxygen atoms in total. The third kappa shape index (κ3) is 3.37. The van der Waals surface area contributed by atoms with Gasteiger partial charge in [-0.25, -0.2) is 8.42 Å². The number of hydrogen-bond acceptors (Lipinski definition) is 3. The van der Waals surface area contributed by atoms with E-state index in [1.165, 1.54) is 12.0 Å². The topological polar surface area (TPSA) is 40.6 Å². The molecule has 150 valence electrons. The van der Waals surface area contributed by atoms with Crippen LogP contribution in [0, 0.1) is 11.8 Å². The molecule has 3 atom stereocenters. The molecule has 2 aromatic carbocycles. The average molecular weight is 439 g/mol. The van der Waals surface area contributed by atoms with Gasteiger partial charge in [0.1, 0.15) is 0 Å². The monoisotopic (exact) mass is 438 g/mol. The van der Waals surface area contributed by atoms with Crippen molar-refractivity contribution in [3.63, 3.8) is 0 Å². The van der Waals surface area contributed by atoms with Crippen LogP contribution in [0.3, 0.4) is 0 Å². The minimum atomic E-state index is -3.31. The van der Waals surface area contributed by atoms with Crippen LogP contribution >= 0.6 is 24.0 Å². The largest absolute Gasteiger partial charge is 0.301 e. The van der Waals surface area contributed by atoms with Gasteiger partial charge in [0.2, 0.25) is 10.0 Å². The van der Waals surface area contributed by atoms with Crippen molar-refractivity contribution in [2.75, 3.05) is 26.2 Å². The summed E-state index contributed by atoms with van der Waals surface area (Å²) >= 11 is 6.01. The van der Waals surface area contributed by atoms with E-state index in [0.29, 0.717) is 29.8 Å². The first-order chi connectivity index (χ1) is 13.0. The van der Waals surface area contributed by atoms with E-state index >= 15 is 0 Å². The molecule has 0 spiro atoms. The van der Waals surface area contributed by atoms with E-state index < -0.39 is 10.0 Å². The molecule has 5 rings (SSSR count). The second kappa shape index (κ2) is 7.62. The molecule has 0 radical (unpaired) electrons. The van der Waals surface area contributed by atoms with E-state index in [-0.39, 0.29) is 12.4 Å². The lowest BCUT2D eigenvalue weighted by Gasteiger charge is -2.40. The lowest BCUT2D eigenvalue weighted by atomic mass is 9.64. The Morgan fingerprint density at radius 3 is 2.50 bits per heavy atom. The fraction of sp³-hybridized carbons (Fsp3) is 0.429. The van der Waals surface area contributed by atoms with Crippen molar-refractivity contribution < 1.29 is 8.42 Å². The summed E-state index contributed by atoms with van der Waals surface area (Å²) in [5, 5.41) is 0.787. The maximum atomic E-state index is 12.7. The number of halogens is 2. The van der Waals surface area contributed by atoms with Crippen molar-refractivity contribution in [3.05, 3.63) is 64.7 Å². The highest BCUT2D eigenvalue weighted by atomic mass is 35.5. The third-order valence-corrected chi connectivity index (χ3v) is 8.74. The van der Waals surface area contributed by atoms with Crippen LogP contribution in [-0.2, 0) is 16.6 Å². The van der Waals surface area contributed by atoms with Gasteiger partial charge in [-0.1, -0.05) is 41.9 Å². The molecule has 3 aliphatic rings. The van der Waals surface area contributed by atoms with Gasteiger partial charge in [0.05, 0.1) is 4.90 Å². The van der Waals surface area contributed by atoms with Crippen LogP contribution in [0.5, 0.6) is 0 Å². The molecule has 2 fully saturated rings. The van der Waals surface area contributed by atoms with Gasteiger partial charge >= 0.3 is 0 Å². The van der Waals surface area contributed by atoms with Crippen LogP contribution in [0.15, 0.2) is 53.4 Å². The Morgan fingerprint density at radius 2 is 1.75 bits per heavy atom. The Labute approximate surface area is 177 Å². The smallest absolute Gasteiger partial charge is 0.243 e. The minimum Gasteiger partial charge on any atom is -0.301 e. The summed E-state index contributed by atoms with van der Waals surface area (Å²) in [4.78, 5) is 2.93. The molecule has 2 heterocycles. The minimum absolute atomic E-state index is 0. The number of benzene rings is 2. The molecule has 0 aromatic heterocycles. The van der Waals surface area contributed by atoms with Crippen molar-refractivity contribution in [1.82, 2.24) is 9.21 Å². The van der Waals surface area contributed by atoms with Crippen molar-refractivity contribution in [3.8, 4) is 0 Å². The lowest BCUT2D eigenvalue weighted by molar-refractivity contribution is 0.191. The van der Waals surface area contributed by atoms with Gasteiger partial charge in [0, 0.05) is 37.7 Å². The molecular weight excluding hydrogens is 415 g/mol. The van der Waals surface area contributed by atoms with E-state index in [4.69, 9.17) is 11.6 Å². The Balaban J connectivity index is 0.00000192. The fourth-order valence-electron chi connectivity index (χ4n) is 5.03. The second-order valence-corrected chi connectivity index (χ2v) is 10.4. The van der Waals surface area contributed by atoms with E-state index in [2.05, 4.69) is 17.0 Å². The SMILES string of the molecule is Cl.O=S1(=O)c2ccccc2CN1CCN1C[C@H]2C[C@H](c3ccc(Cl)cc3)[C@H]2C1. The molecule has 0 unspecified atom stereocenters. The zero-order valence-electron chi connectivity index (χ0n) is 15.5. The lowest BCUT2D eigenvalue weighted by Crippen LogP contribution is -2.34. The van der Waals surface area contributed by atoms with Gasteiger partial charge < -0.3 is 4.90 Å². The summed E-state index contributed by atoms with van der Waals surface area (Å²) in [6.07, 6.45) is 1.23. The first-order valence-corrected chi connectivity index (χ1v) is 11.4. The quantitative estimate of drug-likeness (QED) is 0.723. The van der Waals surface area contributed by atoms with E-state index in [9.17, 15) is 8.42 Å². The van der Waals surface area contributed by atoms with E-state index in [0.717, 1.165) is 36.1 Å². The van der Waals surface area contributed by atoms with E-state index in [1.807, 2.05) is 24.3 Å². The normalized spacial score (nSPS) is 28.2. The molecule has 7 heteroatoms. The molecule has 2 aliphatic heterocycles. The Kier molecular flexibility index (Phi) is 5.49. The number of sulfonamides is 1. The molecule has 28 heavy (non-hydrogen) atoms. The zero-order chi connectivity index (χ0) is 18.6. The van der Waals surface area contributed by atoms with Gasteiger partial charge in [-0.2, -0.15) is 4.31 Å². The maximum absolute atomic E-state index is 12.7. The van der Waals surface area contributed by atoms with Crippen molar-refractivity contribution in [2.24, 2.45) is 11.8 Å². The highest BCUT2D eigenvalue weighted by molar-refractivity contribution is 7.89. The molecular formula is C21H24Cl2N2O2S. The highest BCUT2D eigenvalue weighted by Gasteiger charge is 2.47. The summed E-state index contributed by atoms with van der Waals surface area (Å²) in [5.41, 5.74) is 2.31. The Hall–Kier alpha value is -1.11. The molecule has 0 N–H and O–H groups in total. The molecule has 1 saturated carbocycles. The zero-order valence-corrected chi connectivity index (χ0v) is 17.9. The average Bonchev–Trinajstić information content (AvgIpc) is 3.10. The number of likely N-dealkylation sites (tertiary alicyclic amines) is 1. The van der Waals surface area contributed by atoms with Gasteiger partial charge in [-0.05, 0) is 53.5 Å². The van der Waals surface area contributed by atoms with Crippen LogP contribution < -0.4 is 0 Å². The van der Waals surface area contributed by atoms with E-state index in [1.54, 1.807) is 16.4 Å². The van der Waals surface area contributed by atoms with Gasteiger partial charge in [0.15, 0.2) is 0 Å². The number of fused-ring (bicyclic) bond motifs is 2. The molecule has 0 bridgehead atoms. The van der Waals surface area contributed by atoms with Crippen LogP contribution in [-0.4, -0.2) is 43.8 Å². The summed E-state index contributed by atoms with van der Waals surface area (Å²) in [6.45, 7) is 4.05. The summed E-state index contributed by atoms with van der Waals surface area (Å²) in [7, 11) is -3.31. The van der Waals surface area contributed by atoms with Crippen molar-refractivity contribution in [2.45, 2.75) is 23.8 Å². The number of hydrogen-bond donors (Lipinski definition) is 0. The first-order valence-electron chi connectivity index (χ1n) is 9.58. The van der Waals surface area contributed by atoms with Gasteiger partial charge in [-0.15, -0.1) is 12.4 Å². The predicted octanol–water partition coefficient (Wildman–Crippen LogP) is 4.00. The van der Waals surface area contributed by atoms with Crippen LogP contribution in [0.25, 0.3) is 0 Å². The maximum Gasteiger partial charge on any atom is 0.243 e. The van der Waals surface area contributed by atoms with Crippen molar-refractivity contribution in [1.29, 1.82) is 0 Å². The Morgan fingerprint density at radius 1 is 1.00 bits per heavy atom. The Bertz CT molecular complexity index is 965. The summed E-state index contributed by atoms with van der Waals surface area (Å²) in [5.74, 6) is 2.06. The van der Waals surface area contributed by atoms with Crippen molar-refractivity contribution >= 4 is 34.0 Å². The highest BCUT2D eigenvalue weighted by Crippen LogP contribution is 2.51. The molecule has 0 amide bonds. The molecule has 1 saturated heterocycles. The van der Waals surface area contributed by atoms with Gasteiger partial charge in [0.25, 0.3) is 0 Å². The third-order valence-electron chi connectivity index (χ3n) is 6.54.